The van der Waals surface area contributed by atoms with Crippen LogP contribution in [0.4, 0.5) is 0 Å². The molecule has 18 heavy (non-hydrogen) atoms. The molecule has 1 aromatic carbocycles. The number of aromatic nitrogens is 1. The summed E-state index contributed by atoms with van der Waals surface area (Å²) in [7, 11) is 1.93. The highest BCUT2D eigenvalue weighted by Crippen LogP contribution is 2.21. The SMILES string of the molecule is C=Cc1ccc2cc(C=O)n(CCCNC)c2c1. The van der Waals surface area contributed by atoms with Crippen LogP contribution in [0.2, 0.25) is 0 Å². The minimum Gasteiger partial charge on any atom is -0.338 e. The summed E-state index contributed by atoms with van der Waals surface area (Å²) in [5.41, 5.74) is 2.92. The number of aldehydes is 1. The number of rotatable bonds is 6. The Morgan fingerprint density at radius 2 is 2.22 bits per heavy atom. The number of aryl methyl sites for hydroxylation is 1. The molecule has 3 nitrogen and oxygen atoms in total. The van der Waals surface area contributed by atoms with E-state index in [0.717, 1.165) is 48.0 Å². The molecule has 3 heteroatoms. The normalized spacial score (nSPS) is 10.7. The molecule has 0 spiro atoms. The lowest BCUT2D eigenvalue weighted by Gasteiger charge is -2.07. The summed E-state index contributed by atoms with van der Waals surface area (Å²) >= 11 is 0. The minimum absolute atomic E-state index is 0.738. The van der Waals surface area contributed by atoms with E-state index < -0.39 is 0 Å². The van der Waals surface area contributed by atoms with Crippen molar-refractivity contribution in [3.63, 3.8) is 0 Å². The molecule has 0 saturated carbocycles. The van der Waals surface area contributed by atoms with Crippen LogP contribution in [0.25, 0.3) is 17.0 Å². The second-order valence-corrected chi connectivity index (χ2v) is 4.32. The molecule has 0 amide bonds. The molecule has 0 fully saturated rings. The van der Waals surface area contributed by atoms with Gasteiger partial charge in [-0.1, -0.05) is 24.8 Å². The van der Waals surface area contributed by atoms with E-state index in [9.17, 15) is 4.79 Å². The molecule has 1 aromatic heterocycles. The molecule has 0 unspecified atom stereocenters. The zero-order chi connectivity index (χ0) is 13.0. The highest BCUT2D eigenvalue weighted by atomic mass is 16.1. The van der Waals surface area contributed by atoms with Crippen molar-refractivity contribution in [1.82, 2.24) is 9.88 Å². The van der Waals surface area contributed by atoms with Crippen LogP contribution in [0.1, 0.15) is 22.5 Å². The van der Waals surface area contributed by atoms with Crippen molar-refractivity contribution < 1.29 is 4.79 Å². The number of hydrogen-bond acceptors (Lipinski definition) is 2. The van der Waals surface area contributed by atoms with Crippen LogP contribution in [0.3, 0.4) is 0 Å². The predicted octanol–water partition coefficient (Wildman–Crippen LogP) is 2.71. The van der Waals surface area contributed by atoms with E-state index in [4.69, 9.17) is 0 Å². The molecule has 0 atom stereocenters. The van der Waals surface area contributed by atoms with E-state index in [1.54, 1.807) is 0 Å². The molecular weight excluding hydrogens is 224 g/mol. The number of fused-ring (bicyclic) bond motifs is 1. The third-order valence-electron chi connectivity index (χ3n) is 3.13. The van der Waals surface area contributed by atoms with Gasteiger partial charge in [-0.15, -0.1) is 0 Å². The van der Waals surface area contributed by atoms with Gasteiger partial charge >= 0.3 is 0 Å². The van der Waals surface area contributed by atoms with Crippen LogP contribution in [0, 0.1) is 0 Å². The van der Waals surface area contributed by atoms with Gasteiger partial charge in [0.05, 0.1) is 5.69 Å². The summed E-state index contributed by atoms with van der Waals surface area (Å²) in [5, 5.41) is 4.22. The van der Waals surface area contributed by atoms with E-state index in [-0.39, 0.29) is 0 Å². The monoisotopic (exact) mass is 242 g/mol. The zero-order valence-corrected chi connectivity index (χ0v) is 10.6. The van der Waals surface area contributed by atoms with E-state index in [1.807, 2.05) is 31.3 Å². The lowest BCUT2D eigenvalue weighted by atomic mass is 10.1. The summed E-state index contributed by atoms with van der Waals surface area (Å²) in [6, 6.07) is 8.07. The first-order chi connectivity index (χ1) is 8.80. The van der Waals surface area contributed by atoms with Crippen molar-refractivity contribution in [1.29, 1.82) is 0 Å². The van der Waals surface area contributed by atoms with Gasteiger partial charge in [-0.05, 0) is 37.7 Å². The van der Waals surface area contributed by atoms with Gasteiger partial charge in [0.1, 0.15) is 0 Å². The lowest BCUT2D eigenvalue weighted by molar-refractivity contribution is 0.111. The Labute approximate surface area is 107 Å². The first-order valence-electron chi connectivity index (χ1n) is 6.15. The number of benzene rings is 1. The highest BCUT2D eigenvalue weighted by molar-refractivity contribution is 5.90. The van der Waals surface area contributed by atoms with Gasteiger partial charge in [0, 0.05) is 17.4 Å². The Balaban J connectivity index is 2.45. The molecule has 1 heterocycles. The standard InChI is InChI=1S/C15H18N2O/c1-3-12-5-6-13-10-14(11-18)17(15(13)9-12)8-4-7-16-2/h3,5-6,9-11,16H,1,4,7-8H2,2H3. The Morgan fingerprint density at radius 1 is 1.39 bits per heavy atom. The van der Waals surface area contributed by atoms with Crippen molar-refractivity contribution in [3.8, 4) is 0 Å². The Hall–Kier alpha value is -1.87. The number of nitrogens with one attached hydrogen (secondary N) is 1. The summed E-state index contributed by atoms with van der Waals surface area (Å²) in [5.74, 6) is 0. The van der Waals surface area contributed by atoms with Crippen molar-refractivity contribution in [2.45, 2.75) is 13.0 Å². The number of carbonyl (C=O) groups excluding carboxylic acids is 1. The van der Waals surface area contributed by atoms with Crippen LogP contribution in [0.5, 0.6) is 0 Å². The van der Waals surface area contributed by atoms with Crippen molar-refractivity contribution in [3.05, 3.63) is 42.1 Å². The molecule has 94 valence electrons. The van der Waals surface area contributed by atoms with Crippen LogP contribution < -0.4 is 5.32 Å². The van der Waals surface area contributed by atoms with E-state index in [2.05, 4.69) is 22.5 Å². The zero-order valence-electron chi connectivity index (χ0n) is 10.6. The molecule has 0 aliphatic rings. The van der Waals surface area contributed by atoms with Gasteiger partial charge in [0.2, 0.25) is 0 Å². The third-order valence-corrected chi connectivity index (χ3v) is 3.13. The first-order valence-corrected chi connectivity index (χ1v) is 6.15. The summed E-state index contributed by atoms with van der Waals surface area (Å²) in [6.07, 6.45) is 3.75. The van der Waals surface area contributed by atoms with Gasteiger partial charge in [-0.2, -0.15) is 0 Å². The van der Waals surface area contributed by atoms with Gasteiger partial charge < -0.3 is 9.88 Å². The summed E-state index contributed by atoms with van der Waals surface area (Å²) < 4.78 is 2.08. The molecule has 0 saturated heterocycles. The van der Waals surface area contributed by atoms with E-state index >= 15 is 0 Å². The molecular formula is C15H18N2O. The molecule has 0 bridgehead atoms. The smallest absolute Gasteiger partial charge is 0.166 e. The largest absolute Gasteiger partial charge is 0.338 e. The maximum absolute atomic E-state index is 11.1. The van der Waals surface area contributed by atoms with Gasteiger partial charge in [-0.3, -0.25) is 4.79 Å². The fourth-order valence-corrected chi connectivity index (χ4v) is 2.18. The molecule has 0 aliphatic carbocycles. The second-order valence-electron chi connectivity index (χ2n) is 4.32. The highest BCUT2D eigenvalue weighted by Gasteiger charge is 2.07. The minimum atomic E-state index is 0.738. The Bertz CT molecular complexity index is 569. The van der Waals surface area contributed by atoms with Crippen molar-refractivity contribution in [2.75, 3.05) is 13.6 Å². The summed E-state index contributed by atoms with van der Waals surface area (Å²) in [4.78, 5) is 11.1. The maximum atomic E-state index is 11.1. The molecule has 2 rings (SSSR count). The van der Waals surface area contributed by atoms with Gasteiger partial charge in [0.25, 0.3) is 0 Å². The average molecular weight is 242 g/mol. The second kappa shape index (κ2) is 5.65. The van der Waals surface area contributed by atoms with Gasteiger partial charge in [0.15, 0.2) is 6.29 Å². The predicted molar refractivity (Wildman–Crippen MR) is 76.0 cm³/mol. The molecule has 1 N–H and O–H groups in total. The van der Waals surface area contributed by atoms with E-state index in [0.29, 0.717) is 0 Å². The number of nitrogens with zero attached hydrogens (tertiary/aromatic N) is 1. The number of carbonyl (C=O) groups is 1. The Kier molecular flexibility index (Phi) is 3.95. The van der Waals surface area contributed by atoms with Crippen molar-refractivity contribution >= 4 is 23.3 Å². The quantitative estimate of drug-likeness (QED) is 0.624. The Morgan fingerprint density at radius 3 is 2.89 bits per heavy atom. The topological polar surface area (TPSA) is 34.0 Å². The van der Waals surface area contributed by atoms with E-state index in [1.165, 1.54) is 0 Å². The van der Waals surface area contributed by atoms with Gasteiger partial charge in [-0.25, -0.2) is 0 Å². The summed E-state index contributed by atoms with van der Waals surface area (Å²) in [6.45, 7) is 5.57. The van der Waals surface area contributed by atoms with Crippen LogP contribution >= 0.6 is 0 Å². The molecule has 0 radical (unpaired) electrons. The maximum Gasteiger partial charge on any atom is 0.166 e. The van der Waals surface area contributed by atoms with Crippen LogP contribution in [0.15, 0.2) is 30.8 Å². The van der Waals surface area contributed by atoms with Crippen LogP contribution in [-0.2, 0) is 6.54 Å². The lowest BCUT2D eigenvalue weighted by Crippen LogP contribution is -2.12. The molecule has 0 aliphatic heterocycles. The molecule has 2 aromatic rings. The fraction of sp³-hybridized carbons (Fsp3) is 0.267. The van der Waals surface area contributed by atoms with Crippen molar-refractivity contribution in [2.24, 2.45) is 0 Å². The first kappa shape index (κ1) is 12.6. The van der Waals surface area contributed by atoms with Crippen LogP contribution in [-0.4, -0.2) is 24.4 Å². The number of hydrogen-bond donors (Lipinski definition) is 1. The third kappa shape index (κ3) is 2.36. The average Bonchev–Trinajstić information content (AvgIpc) is 2.76. The fourth-order valence-electron chi connectivity index (χ4n) is 2.18.